The highest BCUT2D eigenvalue weighted by Crippen LogP contribution is 2.30. The molecule has 0 saturated heterocycles. The number of hydrogen-bond donors (Lipinski definition) is 1. The molecule has 0 saturated carbocycles. The minimum atomic E-state index is -0.799. The maximum atomic E-state index is 11.9. The molecule has 1 aromatic carbocycles. The Kier molecular flexibility index (Phi) is 3.45. The molecule has 3 heteroatoms. The van der Waals surface area contributed by atoms with Gasteiger partial charge in [-0.2, -0.15) is 0 Å². The van der Waals surface area contributed by atoms with E-state index in [0.29, 0.717) is 12.1 Å². The van der Waals surface area contributed by atoms with Gasteiger partial charge in [-0.05, 0) is 25.0 Å². The fourth-order valence-electron chi connectivity index (χ4n) is 2.21. The second kappa shape index (κ2) is 4.68. The molecule has 2 atom stereocenters. The highest BCUT2D eigenvalue weighted by molar-refractivity contribution is 7.85. The number of nitrogens with one attached hydrogen (secondary N) is 1. The van der Waals surface area contributed by atoms with Crippen LogP contribution in [0.15, 0.2) is 23.1 Å². The van der Waals surface area contributed by atoms with Crippen LogP contribution in [0.5, 0.6) is 0 Å². The van der Waals surface area contributed by atoms with Gasteiger partial charge in [0.15, 0.2) is 0 Å². The Balaban J connectivity index is 2.38. The Morgan fingerprint density at radius 2 is 2.19 bits per heavy atom. The van der Waals surface area contributed by atoms with Gasteiger partial charge < -0.3 is 5.32 Å². The van der Waals surface area contributed by atoms with Crippen molar-refractivity contribution < 1.29 is 4.21 Å². The summed E-state index contributed by atoms with van der Waals surface area (Å²) in [5.41, 5.74) is 2.48. The second-order valence-electron chi connectivity index (χ2n) is 4.75. The molecule has 0 aliphatic carbocycles. The van der Waals surface area contributed by atoms with Crippen LogP contribution < -0.4 is 5.32 Å². The third-order valence-electron chi connectivity index (χ3n) is 2.91. The van der Waals surface area contributed by atoms with Gasteiger partial charge in [0.1, 0.15) is 0 Å². The van der Waals surface area contributed by atoms with Crippen molar-refractivity contribution in [3.05, 3.63) is 29.3 Å². The minimum absolute atomic E-state index is 0.368. The third kappa shape index (κ3) is 2.36. The zero-order valence-electron chi connectivity index (χ0n) is 10.1. The molecule has 2 rings (SSSR count). The zero-order chi connectivity index (χ0) is 11.7. The number of fused-ring (bicyclic) bond motifs is 1. The first-order chi connectivity index (χ1) is 7.58. The van der Waals surface area contributed by atoms with Crippen LogP contribution in [0.1, 0.15) is 37.4 Å². The quantitative estimate of drug-likeness (QED) is 0.856. The van der Waals surface area contributed by atoms with Crippen molar-refractivity contribution in [2.45, 2.75) is 44.2 Å². The van der Waals surface area contributed by atoms with Crippen LogP contribution in [-0.4, -0.2) is 16.0 Å². The van der Waals surface area contributed by atoms with E-state index in [9.17, 15) is 4.21 Å². The lowest BCUT2D eigenvalue weighted by atomic mass is 10.0. The fourth-order valence-corrected chi connectivity index (χ4v) is 3.57. The van der Waals surface area contributed by atoms with Gasteiger partial charge >= 0.3 is 0 Å². The first-order valence-electron chi connectivity index (χ1n) is 5.83. The Morgan fingerprint density at radius 1 is 1.44 bits per heavy atom. The molecule has 88 valence electrons. The summed E-state index contributed by atoms with van der Waals surface area (Å²) < 4.78 is 11.9. The van der Waals surface area contributed by atoms with Crippen molar-refractivity contribution in [3.63, 3.8) is 0 Å². The summed E-state index contributed by atoms with van der Waals surface area (Å²) in [6.07, 6.45) is 0.973. The molecule has 1 aliphatic rings. The molecule has 0 spiro atoms. The predicted octanol–water partition coefficient (Wildman–Crippen LogP) is 2.55. The van der Waals surface area contributed by atoms with E-state index in [0.717, 1.165) is 17.1 Å². The topological polar surface area (TPSA) is 29.1 Å². The van der Waals surface area contributed by atoms with Crippen molar-refractivity contribution in [3.8, 4) is 0 Å². The van der Waals surface area contributed by atoms with E-state index in [1.54, 1.807) is 0 Å². The highest BCUT2D eigenvalue weighted by atomic mass is 32.2. The smallest absolute Gasteiger partial charge is 0.0533 e. The van der Waals surface area contributed by atoms with Gasteiger partial charge in [-0.25, -0.2) is 0 Å². The Morgan fingerprint density at radius 3 is 2.88 bits per heavy atom. The molecule has 1 aliphatic heterocycles. The lowest BCUT2D eigenvalue weighted by molar-refractivity contribution is 0.456. The van der Waals surface area contributed by atoms with E-state index in [-0.39, 0.29) is 0 Å². The second-order valence-corrected chi connectivity index (χ2v) is 6.29. The average Bonchev–Trinajstić information content (AvgIpc) is 2.22. The molecule has 2 unspecified atom stereocenters. The van der Waals surface area contributed by atoms with Crippen LogP contribution in [0.2, 0.25) is 0 Å². The molecule has 0 amide bonds. The largest absolute Gasteiger partial charge is 0.308 e. The predicted molar refractivity (Wildman–Crippen MR) is 68.1 cm³/mol. The molecule has 1 aromatic rings. The van der Waals surface area contributed by atoms with Crippen LogP contribution in [0, 0.1) is 6.92 Å². The molecule has 1 N–H and O–H groups in total. The summed E-state index contributed by atoms with van der Waals surface area (Å²) in [6.45, 7) is 6.40. The van der Waals surface area contributed by atoms with Crippen molar-refractivity contribution in [2.24, 2.45) is 0 Å². The summed E-state index contributed by atoms with van der Waals surface area (Å²) >= 11 is 0. The summed E-state index contributed by atoms with van der Waals surface area (Å²) in [5, 5.41) is 3.55. The first-order valence-corrected chi connectivity index (χ1v) is 7.15. The van der Waals surface area contributed by atoms with Gasteiger partial charge in [0, 0.05) is 22.7 Å². The normalized spacial score (nSPS) is 24.5. The van der Waals surface area contributed by atoms with E-state index >= 15 is 0 Å². The molecular weight excluding hydrogens is 218 g/mol. The summed E-state index contributed by atoms with van der Waals surface area (Å²) in [6, 6.07) is 7.08. The van der Waals surface area contributed by atoms with Crippen LogP contribution in [0.4, 0.5) is 0 Å². The lowest BCUT2D eigenvalue weighted by Gasteiger charge is -2.28. The molecule has 0 radical (unpaired) electrons. The maximum Gasteiger partial charge on any atom is 0.0533 e. The number of rotatable bonds is 2. The lowest BCUT2D eigenvalue weighted by Crippen LogP contribution is -2.32. The Labute approximate surface area is 99.9 Å². The van der Waals surface area contributed by atoms with Crippen LogP contribution in [0.3, 0.4) is 0 Å². The van der Waals surface area contributed by atoms with Gasteiger partial charge in [-0.1, -0.05) is 31.5 Å². The van der Waals surface area contributed by atoms with Crippen molar-refractivity contribution in [1.29, 1.82) is 0 Å². The van der Waals surface area contributed by atoms with Crippen LogP contribution in [0.25, 0.3) is 0 Å². The van der Waals surface area contributed by atoms with Crippen molar-refractivity contribution in [2.75, 3.05) is 5.75 Å². The molecule has 1 heterocycles. The van der Waals surface area contributed by atoms with Gasteiger partial charge in [-0.15, -0.1) is 0 Å². The minimum Gasteiger partial charge on any atom is -0.308 e. The number of benzene rings is 1. The standard InChI is InChI=1S/C13H19NOS/c1-9(2)14-12-6-7-16(15)13-5-4-10(3)8-11(12)13/h4-5,8-9,12,14H,6-7H2,1-3H3. The molecular formula is C13H19NOS. The highest BCUT2D eigenvalue weighted by Gasteiger charge is 2.24. The fraction of sp³-hybridized carbons (Fsp3) is 0.538. The summed E-state index contributed by atoms with van der Waals surface area (Å²) in [5.74, 6) is 0.778. The van der Waals surface area contributed by atoms with Crippen LogP contribution >= 0.6 is 0 Å². The van der Waals surface area contributed by atoms with E-state index < -0.39 is 10.8 Å². The maximum absolute atomic E-state index is 11.9. The average molecular weight is 237 g/mol. The zero-order valence-corrected chi connectivity index (χ0v) is 10.9. The Bertz CT molecular complexity index is 414. The summed E-state index contributed by atoms with van der Waals surface area (Å²) in [7, 11) is -0.799. The molecule has 0 bridgehead atoms. The number of hydrogen-bond acceptors (Lipinski definition) is 2. The first kappa shape index (κ1) is 11.8. The van der Waals surface area contributed by atoms with Gasteiger partial charge in [0.05, 0.1) is 10.8 Å². The molecule has 0 aromatic heterocycles. The summed E-state index contributed by atoms with van der Waals surface area (Å²) in [4.78, 5) is 1.02. The molecule has 16 heavy (non-hydrogen) atoms. The van der Waals surface area contributed by atoms with E-state index in [1.165, 1.54) is 11.1 Å². The van der Waals surface area contributed by atoms with E-state index in [2.05, 4.69) is 38.2 Å². The molecule has 2 nitrogen and oxygen atoms in total. The van der Waals surface area contributed by atoms with Gasteiger partial charge in [-0.3, -0.25) is 4.21 Å². The van der Waals surface area contributed by atoms with E-state index in [4.69, 9.17) is 0 Å². The van der Waals surface area contributed by atoms with Crippen molar-refractivity contribution in [1.82, 2.24) is 5.32 Å². The van der Waals surface area contributed by atoms with E-state index in [1.807, 2.05) is 6.07 Å². The SMILES string of the molecule is Cc1ccc2c(c1)C(NC(C)C)CCS2=O. The number of aryl methyl sites for hydroxylation is 1. The monoisotopic (exact) mass is 237 g/mol. The van der Waals surface area contributed by atoms with Crippen LogP contribution in [-0.2, 0) is 10.8 Å². The van der Waals surface area contributed by atoms with Gasteiger partial charge in [0.2, 0.25) is 0 Å². The van der Waals surface area contributed by atoms with Gasteiger partial charge in [0.25, 0.3) is 0 Å². The Hall–Kier alpha value is -0.670. The van der Waals surface area contributed by atoms with Crippen molar-refractivity contribution >= 4 is 10.8 Å². The third-order valence-corrected chi connectivity index (χ3v) is 4.38. The molecule has 0 fully saturated rings.